The van der Waals surface area contributed by atoms with E-state index in [-0.39, 0.29) is 22.1 Å². The molecule has 3 rings (SSSR count). The molecule has 2 aromatic carbocycles. The summed E-state index contributed by atoms with van der Waals surface area (Å²) in [5, 5.41) is 17.0. The highest BCUT2D eigenvalue weighted by atomic mass is 35.5. The Morgan fingerprint density at radius 3 is 2.55 bits per heavy atom. The molecule has 12 heteroatoms. The predicted molar refractivity (Wildman–Crippen MR) is 105 cm³/mol. The second-order valence-electron chi connectivity index (χ2n) is 6.19. The van der Waals surface area contributed by atoms with Gasteiger partial charge >= 0.3 is 11.7 Å². The number of nitrogens with zero attached hydrogens (tertiary/aromatic N) is 3. The van der Waals surface area contributed by atoms with Gasteiger partial charge in [-0.15, -0.1) is 0 Å². The van der Waals surface area contributed by atoms with E-state index in [2.05, 4.69) is 10.4 Å². The topological polar surface area (TPSA) is 116 Å². The van der Waals surface area contributed by atoms with Gasteiger partial charge in [-0.2, -0.15) is 9.49 Å². The first-order chi connectivity index (χ1) is 14.7. The van der Waals surface area contributed by atoms with Crippen molar-refractivity contribution in [3.05, 3.63) is 80.6 Å². The summed E-state index contributed by atoms with van der Waals surface area (Å²) in [6.07, 6.45) is 0. The number of benzene rings is 2. The number of hydrogen-bond donors (Lipinski definition) is 1. The second-order valence-corrected chi connectivity index (χ2v) is 6.55. The molecule has 0 spiro atoms. The number of hydrogen-bond acceptors (Lipinski definition) is 6. The lowest BCUT2D eigenvalue weighted by Crippen LogP contribution is -2.21. The van der Waals surface area contributed by atoms with E-state index in [1.165, 1.54) is 35.9 Å². The highest BCUT2D eigenvalue weighted by molar-refractivity contribution is 6.33. The van der Waals surface area contributed by atoms with Crippen LogP contribution < -0.4 is 5.32 Å². The minimum atomic E-state index is -1.06. The summed E-state index contributed by atoms with van der Waals surface area (Å²) in [4.78, 5) is 34.2. The average molecular weight is 451 g/mol. The Kier molecular flexibility index (Phi) is 6.25. The fourth-order valence-corrected chi connectivity index (χ4v) is 2.96. The molecule has 0 atom stereocenters. The number of aromatic nitrogens is 2. The van der Waals surface area contributed by atoms with Gasteiger partial charge in [-0.1, -0.05) is 11.6 Å². The molecule has 31 heavy (non-hydrogen) atoms. The first-order valence-electron chi connectivity index (χ1n) is 8.59. The fraction of sp³-hybridized carbons (Fsp3) is 0.105. The van der Waals surface area contributed by atoms with Crippen LogP contribution in [0.25, 0.3) is 5.69 Å². The SMILES string of the molecule is Cc1nn(-c2ccc(F)cc2)c(Cl)c1C(=O)OCC(=O)Nc1ccc(F)c([N+](=O)[O-])c1. The van der Waals surface area contributed by atoms with E-state index >= 15 is 0 Å². The fourth-order valence-electron chi connectivity index (χ4n) is 2.62. The van der Waals surface area contributed by atoms with Crippen LogP contribution in [0.3, 0.4) is 0 Å². The van der Waals surface area contributed by atoms with Crippen molar-refractivity contribution in [1.29, 1.82) is 0 Å². The van der Waals surface area contributed by atoms with E-state index < -0.39 is 40.7 Å². The quantitative estimate of drug-likeness (QED) is 0.346. The molecule has 1 N–H and O–H groups in total. The summed E-state index contributed by atoms with van der Waals surface area (Å²) < 4.78 is 32.6. The zero-order valence-corrected chi connectivity index (χ0v) is 16.5. The van der Waals surface area contributed by atoms with E-state index in [0.29, 0.717) is 5.69 Å². The van der Waals surface area contributed by atoms with Gasteiger partial charge in [0.1, 0.15) is 16.5 Å². The van der Waals surface area contributed by atoms with Crippen LogP contribution in [0, 0.1) is 28.7 Å². The lowest BCUT2D eigenvalue weighted by atomic mass is 10.2. The number of nitrogens with one attached hydrogen (secondary N) is 1. The Labute approximate surface area is 178 Å². The van der Waals surface area contributed by atoms with Crippen LogP contribution in [0.2, 0.25) is 5.15 Å². The molecule has 3 aromatic rings. The van der Waals surface area contributed by atoms with Crippen LogP contribution in [0.5, 0.6) is 0 Å². The number of esters is 1. The number of amides is 1. The smallest absolute Gasteiger partial charge is 0.343 e. The van der Waals surface area contributed by atoms with Crippen molar-refractivity contribution in [3.63, 3.8) is 0 Å². The monoisotopic (exact) mass is 450 g/mol. The zero-order chi connectivity index (χ0) is 22.7. The Morgan fingerprint density at radius 1 is 1.23 bits per heavy atom. The third-order valence-corrected chi connectivity index (χ3v) is 4.39. The summed E-state index contributed by atoms with van der Waals surface area (Å²) in [5.41, 5.74) is -0.327. The lowest BCUT2D eigenvalue weighted by Gasteiger charge is -2.07. The van der Waals surface area contributed by atoms with Crippen LogP contribution in [-0.2, 0) is 9.53 Å². The summed E-state index contributed by atoms with van der Waals surface area (Å²) >= 11 is 6.21. The first-order valence-corrected chi connectivity index (χ1v) is 8.97. The van der Waals surface area contributed by atoms with Crippen LogP contribution in [0.1, 0.15) is 16.1 Å². The van der Waals surface area contributed by atoms with E-state index in [1.54, 1.807) is 0 Å². The van der Waals surface area contributed by atoms with E-state index in [1.807, 2.05) is 0 Å². The number of aryl methyl sites for hydroxylation is 1. The number of ether oxygens (including phenoxy) is 1. The van der Waals surface area contributed by atoms with Gasteiger partial charge in [0.2, 0.25) is 5.82 Å². The maximum absolute atomic E-state index is 13.4. The van der Waals surface area contributed by atoms with Crippen LogP contribution >= 0.6 is 11.6 Å². The molecule has 0 fully saturated rings. The summed E-state index contributed by atoms with van der Waals surface area (Å²) in [6, 6.07) is 8.01. The number of nitro groups is 1. The maximum Gasteiger partial charge on any atom is 0.343 e. The van der Waals surface area contributed by atoms with Gasteiger partial charge in [0.05, 0.1) is 16.3 Å². The standard InChI is InChI=1S/C19H13ClF2N4O5/c1-10-17(18(20)25(24-10)13-5-2-11(21)3-6-13)19(28)31-9-16(27)23-12-4-7-14(22)15(8-12)26(29)30/h2-8H,9H2,1H3,(H,23,27). The molecule has 160 valence electrons. The van der Waals surface area contributed by atoms with Gasteiger partial charge in [0.25, 0.3) is 5.91 Å². The minimum absolute atomic E-state index is 0.0486. The van der Waals surface area contributed by atoms with Crippen molar-refractivity contribution < 1.29 is 28.0 Å². The Morgan fingerprint density at radius 2 is 1.90 bits per heavy atom. The van der Waals surface area contributed by atoms with E-state index in [9.17, 15) is 28.5 Å². The van der Waals surface area contributed by atoms with Crippen LogP contribution in [0.4, 0.5) is 20.2 Å². The molecule has 0 unspecified atom stereocenters. The Hall–Kier alpha value is -3.86. The summed E-state index contributed by atoms with van der Waals surface area (Å²) in [5.74, 6) is -3.26. The van der Waals surface area contributed by atoms with Crippen molar-refractivity contribution in [2.75, 3.05) is 11.9 Å². The number of halogens is 3. The van der Waals surface area contributed by atoms with Gasteiger partial charge in [0, 0.05) is 11.8 Å². The summed E-state index contributed by atoms with van der Waals surface area (Å²) in [6.45, 7) is 0.766. The zero-order valence-electron chi connectivity index (χ0n) is 15.8. The van der Waals surface area contributed by atoms with Gasteiger partial charge < -0.3 is 10.1 Å². The number of rotatable bonds is 6. The number of carbonyl (C=O) groups is 2. The molecule has 1 aromatic heterocycles. The van der Waals surface area contributed by atoms with Crippen molar-refractivity contribution in [2.45, 2.75) is 6.92 Å². The molecule has 0 bridgehead atoms. The lowest BCUT2D eigenvalue weighted by molar-refractivity contribution is -0.387. The molecule has 0 aliphatic rings. The predicted octanol–water partition coefficient (Wildman–Crippen LogP) is 3.82. The summed E-state index contributed by atoms with van der Waals surface area (Å²) in [7, 11) is 0. The van der Waals surface area contributed by atoms with E-state index in [0.717, 1.165) is 18.2 Å². The van der Waals surface area contributed by atoms with Crippen molar-refractivity contribution in [1.82, 2.24) is 9.78 Å². The molecule has 1 amide bonds. The van der Waals surface area contributed by atoms with Crippen molar-refractivity contribution in [3.8, 4) is 5.69 Å². The molecule has 9 nitrogen and oxygen atoms in total. The molecule has 0 radical (unpaired) electrons. The Bertz CT molecular complexity index is 1180. The molecular formula is C19H13ClF2N4O5. The number of carbonyl (C=O) groups excluding carboxylic acids is 2. The second kappa shape index (κ2) is 8.88. The first kappa shape index (κ1) is 21.8. The van der Waals surface area contributed by atoms with Crippen molar-refractivity contribution >= 4 is 34.9 Å². The van der Waals surface area contributed by atoms with E-state index in [4.69, 9.17) is 16.3 Å². The van der Waals surface area contributed by atoms with Crippen LogP contribution in [-0.4, -0.2) is 33.2 Å². The van der Waals surface area contributed by atoms with Crippen LogP contribution in [0.15, 0.2) is 42.5 Å². The van der Waals surface area contributed by atoms with Crippen molar-refractivity contribution in [2.24, 2.45) is 0 Å². The highest BCUT2D eigenvalue weighted by Gasteiger charge is 2.23. The largest absolute Gasteiger partial charge is 0.452 e. The molecular weight excluding hydrogens is 438 g/mol. The number of anilines is 1. The minimum Gasteiger partial charge on any atom is -0.452 e. The normalized spacial score (nSPS) is 10.6. The van der Waals surface area contributed by atoms with Gasteiger partial charge in [-0.05, 0) is 43.3 Å². The molecule has 0 saturated carbocycles. The third-order valence-electron chi connectivity index (χ3n) is 4.04. The average Bonchev–Trinajstić information content (AvgIpc) is 3.02. The van der Waals surface area contributed by atoms with Gasteiger partial charge in [0.15, 0.2) is 6.61 Å². The molecule has 0 aliphatic carbocycles. The maximum atomic E-state index is 13.4. The molecule has 0 aliphatic heterocycles. The Balaban J connectivity index is 1.68. The van der Waals surface area contributed by atoms with Gasteiger partial charge in [-0.3, -0.25) is 14.9 Å². The molecule has 0 saturated heterocycles. The highest BCUT2D eigenvalue weighted by Crippen LogP contribution is 2.25. The molecule has 1 heterocycles. The number of nitro benzene ring substituents is 1. The third kappa shape index (κ3) is 4.83. The van der Waals surface area contributed by atoms with Gasteiger partial charge in [-0.25, -0.2) is 13.9 Å².